The van der Waals surface area contributed by atoms with Gasteiger partial charge in [-0.1, -0.05) is 0 Å². The van der Waals surface area contributed by atoms with Gasteiger partial charge < -0.3 is 10.7 Å². The molecule has 0 aliphatic rings. The van der Waals surface area contributed by atoms with Gasteiger partial charge in [-0.2, -0.15) is 0 Å². The summed E-state index contributed by atoms with van der Waals surface area (Å²) >= 11 is 0. The van der Waals surface area contributed by atoms with Gasteiger partial charge in [0.2, 0.25) is 15.6 Å². The van der Waals surface area contributed by atoms with Crippen LogP contribution in [0.4, 0.5) is 14.5 Å². The summed E-state index contributed by atoms with van der Waals surface area (Å²) in [4.78, 5) is 11.8. The van der Waals surface area contributed by atoms with Crippen LogP contribution in [-0.4, -0.2) is 13.4 Å². The lowest BCUT2D eigenvalue weighted by molar-refractivity contribution is 0.146. The standard InChI is InChI=1S/C6H7F2N3O3S/c7-6(8)5-4(9)2(15(10,13)14)1-3(12)11-5/h1,6H,9H2,(H,11,12)(H2,10,13,14). The summed E-state index contributed by atoms with van der Waals surface area (Å²) in [5, 5.41) is 4.69. The van der Waals surface area contributed by atoms with Crippen LogP contribution in [0.25, 0.3) is 0 Å². The zero-order chi connectivity index (χ0) is 11.8. The Balaban J connectivity index is 3.64. The van der Waals surface area contributed by atoms with Gasteiger partial charge >= 0.3 is 0 Å². The van der Waals surface area contributed by atoms with Gasteiger partial charge in [0, 0.05) is 6.07 Å². The molecule has 0 fully saturated rings. The molecule has 84 valence electrons. The van der Waals surface area contributed by atoms with Crippen molar-refractivity contribution in [3.8, 4) is 0 Å². The molecule has 0 aromatic carbocycles. The van der Waals surface area contributed by atoms with Gasteiger partial charge in [0.1, 0.15) is 10.6 Å². The third kappa shape index (κ3) is 2.30. The van der Waals surface area contributed by atoms with E-state index in [1.807, 2.05) is 0 Å². The van der Waals surface area contributed by atoms with Crippen molar-refractivity contribution in [1.82, 2.24) is 4.98 Å². The number of H-pyrrole nitrogens is 1. The lowest BCUT2D eigenvalue weighted by atomic mass is 10.3. The van der Waals surface area contributed by atoms with E-state index in [9.17, 15) is 22.0 Å². The van der Waals surface area contributed by atoms with E-state index in [0.717, 1.165) is 0 Å². The third-order valence-electron chi connectivity index (χ3n) is 1.60. The first kappa shape index (κ1) is 11.6. The second-order valence-corrected chi connectivity index (χ2v) is 4.20. The summed E-state index contributed by atoms with van der Waals surface area (Å²) < 4.78 is 46.3. The minimum absolute atomic E-state index is 0.552. The molecule has 15 heavy (non-hydrogen) atoms. The van der Waals surface area contributed by atoms with Crippen molar-refractivity contribution in [2.45, 2.75) is 11.3 Å². The summed E-state index contributed by atoms with van der Waals surface area (Å²) in [5.74, 6) is 0. The number of hydrogen-bond acceptors (Lipinski definition) is 4. The Kier molecular flexibility index (Phi) is 2.77. The maximum atomic E-state index is 12.3. The predicted molar refractivity (Wildman–Crippen MR) is 47.8 cm³/mol. The second-order valence-electron chi connectivity index (χ2n) is 2.67. The molecule has 0 amide bonds. The number of nitrogen functional groups attached to an aromatic ring is 1. The SMILES string of the molecule is Nc1c(S(N)(=O)=O)cc(=O)[nH]c1C(F)F. The maximum Gasteiger partial charge on any atom is 0.280 e. The second kappa shape index (κ2) is 3.59. The van der Waals surface area contributed by atoms with Crippen molar-refractivity contribution in [1.29, 1.82) is 0 Å². The van der Waals surface area contributed by atoms with Gasteiger partial charge in [-0.15, -0.1) is 0 Å². The zero-order valence-corrected chi connectivity index (χ0v) is 8.01. The van der Waals surface area contributed by atoms with E-state index >= 15 is 0 Å². The maximum absolute atomic E-state index is 12.3. The van der Waals surface area contributed by atoms with Crippen LogP contribution in [0.3, 0.4) is 0 Å². The average molecular weight is 239 g/mol. The fourth-order valence-corrected chi connectivity index (χ4v) is 1.66. The molecule has 0 aliphatic carbocycles. The number of hydrogen-bond donors (Lipinski definition) is 3. The number of sulfonamides is 1. The van der Waals surface area contributed by atoms with Crippen LogP contribution in [0, 0.1) is 0 Å². The monoisotopic (exact) mass is 239 g/mol. The summed E-state index contributed by atoms with van der Waals surface area (Å²) in [6.07, 6.45) is -3.08. The van der Waals surface area contributed by atoms with Gasteiger partial charge in [-0.25, -0.2) is 22.3 Å². The first-order valence-electron chi connectivity index (χ1n) is 3.57. The Labute approximate surface area is 82.9 Å². The van der Waals surface area contributed by atoms with Gasteiger partial charge in [0.15, 0.2) is 0 Å². The molecule has 0 saturated carbocycles. The third-order valence-corrected chi connectivity index (χ3v) is 2.55. The van der Waals surface area contributed by atoms with Crippen molar-refractivity contribution in [3.05, 3.63) is 22.1 Å². The molecule has 0 radical (unpaired) electrons. The highest BCUT2D eigenvalue weighted by atomic mass is 32.2. The molecule has 9 heteroatoms. The van der Waals surface area contributed by atoms with Crippen molar-refractivity contribution >= 4 is 15.7 Å². The highest BCUT2D eigenvalue weighted by Gasteiger charge is 2.21. The Hall–Kier alpha value is -1.48. The fraction of sp³-hybridized carbons (Fsp3) is 0.167. The van der Waals surface area contributed by atoms with Crippen LogP contribution < -0.4 is 16.4 Å². The topological polar surface area (TPSA) is 119 Å². The number of nitrogens with two attached hydrogens (primary N) is 2. The summed E-state index contributed by atoms with van der Waals surface area (Å²) in [6, 6.07) is 0.552. The number of alkyl halides is 2. The van der Waals surface area contributed by atoms with Crippen molar-refractivity contribution in [2.24, 2.45) is 5.14 Å². The van der Waals surface area contributed by atoms with Crippen molar-refractivity contribution in [3.63, 3.8) is 0 Å². The highest BCUT2D eigenvalue weighted by Crippen LogP contribution is 2.25. The van der Waals surface area contributed by atoms with E-state index in [-0.39, 0.29) is 0 Å². The molecule has 1 heterocycles. The number of primary sulfonamides is 1. The molecule has 0 aliphatic heterocycles. The Morgan fingerprint density at radius 2 is 1.93 bits per heavy atom. The Bertz CT molecular complexity index is 537. The van der Waals surface area contributed by atoms with E-state index in [1.54, 1.807) is 4.98 Å². The van der Waals surface area contributed by atoms with Crippen LogP contribution in [0.2, 0.25) is 0 Å². The number of rotatable bonds is 2. The minimum Gasteiger partial charge on any atom is -0.396 e. The summed E-state index contributed by atoms with van der Waals surface area (Å²) in [5.41, 5.74) is 2.42. The number of anilines is 1. The van der Waals surface area contributed by atoms with Gasteiger partial charge in [0.25, 0.3) is 6.43 Å². The van der Waals surface area contributed by atoms with Gasteiger partial charge in [-0.3, -0.25) is 4.79 Å². The van der Waals surface area contributed by atoms with Gasteiger partial charge in [-0.05, 0) is 0 Å². The largest absolute Gasteiger partial charge is 0.396 e. The molecule has 0 atom stereocenters. The van der Waals surface area contributed by atoms with E-state index < -0.39 is 38.3 Å². The number of aromatic amines is 1. The minimum atomic E-state index is -4.29. The molecule has 0 bridgehead atoms. The zero-order valence-electron chi connectivity index (χ0n) is 7.20. The Morgan fingerprint density at radius 1 is 1.40 bits per heavy atom. The predicted octanol–water partition coefficient (Wildman–Crippen LogP) is -0.458. The molecule has 1 aromatic heterocycles. The number of pyridine rings is 1. The van der Waals surface area contributed by atoms with Gasteiger partial charge in [0.05, 0.1) is 5.69 Å². The van der Waals surface area contributed by atoms with Crippen LogP contribution >= 0.6 is 0 Å². The fourth-order valence-electron chi connectivity index (χ4n) is 0.973. The number of nitrogens with one attached hydrogen (secondary N) is 1. The van der Waals surface area contributed by atoms with Crippen molar-refractivity contribution in [2.75, 3.05) is 5.73 Å². The Morgan fingerprint density at radius 3 is 2.33 bits per heavy atom. The summed E-state index contributed by atoms with van der Waals surface area (Å²) in [7, 11) is -4.29. The van der Waals surface area contributed by atoms with Crippen LogP contribution in [-0.2, 0) is 10.0 Å². The molecule has 1 aromatic rings. The van der Waals surface area contributed by atoms with E-state index in [1.165, 1.54) is 0 Å². The quantitative estimate of drug-likeness (QED) is 0.647. The summed E-state index contributed by atoms with van der Waals surface area (Å²) in [6.45, 7) is 0. The molecule has 0 unspecified atom stereocenters. The van der Waals surface area contributed by atoms with Crippen LogP contribution in [0.1, 0.15) is 12.1 Å². The molecular weight excluding hydrogens is 232 g/mol. The number of aromatic nitrogens is 1. The molecule has 0 saturated heterocycles. The molecular formula is C6H7F2N3O3S. The smallest absolute Gasteiger partial charge is 0.280 e. The van der Waals surface area contributed by atoms with E-state index in [0.29, 0.717) is 6.07 Å². The lowest BCUT2D eigenvalue weighted by Gasteiger charge is -2.07. The lowest BCUT2D eigenvalue weighted by Crippen LogP contribution is -2.21. The molecule has 6 nitrogen and oxygen atoms in total. The van der Waals surface area contributed by atoms with E-state index in [4.69, 9.17) is 10.9 Å². The first-order valence-corrected chi connectivity index (χ1v) is 5.11. The van der Waals surface area contributed by atoms with Crippen LogP contribution in [0.5, 0.6) is 0 Å². The number of halogens is 2. The van der Waals surface area contributed by atoms with E-state index in [2.05, 4.69) is 0 Å². The average Bonchev–Trinajstić information content (AvgIpc) is 2.06. The first-order chi connectivity index (χ1) is 6.73. The highest BCUT2D eigenvalue weighted by molar-refractivity contribution is 7.89. The molecule has 0 spiro atoms. The molecule has 1 rings (SSSR count). The van der Waals surface area contributed by atoms with Crippen LogP contribution in [0.15, 0.2) is 15.8 Å². The normalized spacial score (nSPS) is 12.0. The molecule has 5 N–H and O–H groups in total. The van der Waals surface area contributed by atoms with Crippen molar-refractivity contribution < 1.29 is 17.2 Å².